The molecule has 4 heteroatoms. The number of benzene rings is 1. The molecule has 0 radical (unpaired) electrons. The molecule has 1 amide bonds. The highest BCUT2D eigenvalue weighted by molar-refractivity contribution is 7.98. The summed E-state index contributed by atoms with van der Waals surface area (Å²) < 4.78 is 0. The Balaban J connectivity index is 2.82. The Hall–Kier alpha value is -1.00. The zero-order valence-corrected chi connectivity index (χ0v) is 10.0. The van der Waals surface area contributed by atoms with Crippen LogP contribution >= 0.6 is 11.8 Å². The monoisotopic (exact) mass is 224 g/mol. The molecule has 1 aromatic carbocycles. The van der Waals surface area contributed by atoms with Crippen molar-refractivity contribution in [2.24, 2.45) is 5.73 Å². The molecule has 0 aromatic heterocycles. The molecule has 0 spiro atoms. The van der Waals surface area contributed by atoms with Crippen LogP contribution in [0.15, 0.2) is 29.2 Å². The number of nitrogens with two attached hydrogens (primary N) is 1. The van der Waals surface area contributed by atoms with Crippen LogP contribution in [0.2, 0.25) is 0 Å². The van der Waals surface area contributed by atoms with Crippen LogP contribution in [-0.4, -0.2) is 25.3 Å². The smallest absolute Gasteiger partial charge is 0.243 e. The minimum atomic E-state index is -0.463. The number of nitrogens with zero attached hydrogens (tertiary/aromatic N) is 1. The molecule has 2 N–H and O–H groups in total. The Morgan fingerprint density at radius 2 is 1.93 bits per heavy atom. The highest BCUT2D eigenvalue weighted by atomic mass is 32.2. The lowest BCUT2D eigenvalue weighted by atomic mass is 10.2. The molecule has 0 heterocycles. The summed E-state index contributed by atoms with van der Waals surface area (Å²) in [6.45, 7) is 1.69. The van der Waals surface area contributed by atoms with Crippen LogP contribution in [0.4, 0.5) is 5.69 Å². The number of rotatable bonds is 3. The number of carbonyl (C=O) groups is 1. The lowest BCUT2D eigenvalue weighted by molar-refractivity contribution is -0.119. The molecular formula is C11H16N2OS. The van der Waals surface area contributed by atoms with Crippen LogP contribution in [0.3, 0.4) is 0 Å². The summed E-state index contributed by atoms with van der Waals surface area (Å²) in [5, 5.41) is 0. The normalized spacial score (nSPS) is 12.3. The average Bonchev–Trinajstić information content (AvgIpc) is 2.27. The van der Waals surface area contributed by atoms with Crippen molar-refractivity contribution in [1.29, 1.82) is 0 Å². The van der Waals surface area contributed by atoms with Crippen molar-refractivity contribution in [3.8, 4) is 0 Å². The van der Waals surface area contributed by atoms with E-state index in [1.54, 1.807) is 30.6 Å². The van der Waals surface area contributed by atoms with Crippen LogP contribution in [0.25, 0.3) is 0 Å². The van der Waals surface area contributed by atoms with Crippen molar-refractivity contribution in [3.63, 3.8) is 0 Å². The van der Waals surface area contributed by atoms with Crippen molar-refractivity contribution in [3.05, 3.63) is 24.3 Å². The molecule has 0 unspecified atom stereocenters. The third kappa shape index (κ3) is 2.97. The van der Waals surface area contributed by atoms with Crippen molar-refractivity contribution in [2.45, 2.75) is 17.9 Å². The number of thioether (sulfide) groups is 1. The van der Waals surface area contributed by atoms with E-state index in [0.29, 0.717) is 0 Å². The summed E-state index contributed by atoms with van der Waals surface area (Å²) >= 11 is 1.68. The maximum Gasteiger partial charge on any atom is 0.243 e. The first-order valence-electron chi connectivity index (χ1n) is 4.73. The quantitative estimate of drug-likeness (QED) is 0.795. The average molecular weight is 224 g/mol. The minimum absolute atomic E-state index is 0.0769. The van der Waals surface area contributed by atoms with Gasteiger partial charge in [0.25, 0.3) is 0 Å². The fraction of sp³-hybridized carbons (Fsp3) is 0.364. The van der Waals surface area contributed by atoms with Crippen molar-refractivity contribution in [2.75, 3.05) is 18.2 Å². The molecule has 0 bridgehead atoms. The summed E-state index contributed by atoms with van der Waals surface area (Å²) in [6.07, 6.45) is 2.02. The highest BCUT2D eigenvalue weighted by Gasteiger charge is 2.14. The molecule has 15 heavy (non-hydrogen) atoms. The number of hydrogen-bond acceptors (Lipinski definition) is 3. The Kier molecular flexibility index (Phi) is 4.17. The number of anilines is 1. The van der Waals surface area contributed by atoms with Crippen molar-refractivity contribution < 1.29 is 4.79 Å². The largest absolute Gasteiger partial charge is 0.320 e. The van der Waals surface area contributed by atoms with E-state index >= 15 is 0 Å². The Morgan fingerprint density at radius 1 is 1.40 bits per heavy atom. The number of amides is 1. The fourth-order valence-electron chi connectivity index (χ4n) is 1.24. The van der Waals surface area contributed by atoms with Crippen molar-refractivity contribution in [1.82, 2.24) is 0 Å². The predicted octanol–water partition coefficient (Wildman–Crippen LogP) is 1.72. The third-order valence-electron chi connectivity index (χ3n) is 2.18. The molecule has 0 aliphatic carbocycles. The van der Waals surface area contributed by atoms with E-state index in [2.05, 4.69) is 0 Å². The summed E-state index contributed by atoms with van der Waals surface area (Å²) in [7, 11) is 1.74. The fourth-order valence-corrected chi connectivity index (χ4v) is 1.65. The van der Waals surface area contributed by atoms with E-state index in [4.69, 9.17) is 5.73 Å². The van der Waals surface area contributed by atoms with Gasteiger partial charge >= 0.3 is 0 Å². The number of likely N-dealkylation sites (N-methyl/N-ethyl adjacent to an activating group) is 1. The summed E-state index contributed by atoms with van der Waals surface area (Å²) in [5.41, 5.74) is 6.41. The van der Waals surface area contributed by atoms with Gasteiger partial charge < -0.3 is 10.6 Å². The first-order valence-corrected chi connectivity index (χ1v) is 5.96. The standard InChI is InChI=1S/C11H16N2OS/c1-8(12)11(14)13(2)9-4-6-10(15-3)7-5-9/h4-8H,12H2,1-3H3/t8-/m0/s1. The van der Waals surface area contributed by atoms with E-state index in [1.807, 2.05) is 30.5 Å². The highest BCUT2D eigenvalue weighted by Crippen LogP contribution is 2.19. The van der Waals surface area contributed by atoms with Gasteiger partial charge in [0.1, 0.15) is 0 Å². The third-order valence-corrected chi connectivity index (χ3v) is 2.92. The summed E-state index contributed by atoms with van der Waals surface area (Å²) in [6, 6.07) is 7.36. The van der Waals surface area contributed by atoms with E-state index in [0.717, 1.165) is 5.69 Å². The number of hydrogen-bond donors (Lipinski definition) is 1. The Bertz CT molecular complexity index is 335. The van der Waals surface area contributed by atoms with Gasteiger partial charge in [-0.05, 0) is 37.4 Å². The second-order valence-corrected chi connectivity index (χ2v) is 4.26. The van der Waals surface area contributed by atoms with Gasteiger partial charge in [0.2, 0.25) is 5.91 Å². The van der Waals surface area contributed by atoms with E-state index in [-0.39, 0.29) is 5.91 Å². The zero-order valence-electron chi connectivity index (χ0n) is 9.23. The first kappa shape index (κ1) is 12.1. The molecule has 0 saturated carbocycles. The minimum Gasteiger partial charge on any atom is -0.320 e. The van der Waals surface area contributed by atoms with E-state index in [1.165, 1.54) is 4.90 Å². The summed E-state index contributed by atoms with van der Waals surface area (Å²) in [4.78, 5) is 14.4. The van der Waals surface area contributed by atoms with Gasteiger partial charge in [-0.3, -0.25) is 4.79 Å². The molecule has 3 nitrogen and oxygen atoms in total. The first-order chi connectivity index (χ1) is 7.06. The Labute approximate surface area is 94.6 Å². The van der Waals surface area contributed by atoms with Crippen LogP contribution in [-0.2, 0) is 4.79 Å². The molecule has 1 aromatic rings. The van der Waals surface area contributed by atoms with Gasteiger partial charge in [0.15, 0.2) is 0 Å². The molecule has 0 saturated heterocycles. The second kappa shape index (κ2) is 5.19. The van der Waals surface area contributed by atoms with Gasteiger partial charge in [0.05, 0.1) is 6.04 Å². The molecule has 0 fully saturated rings. The zero-order chi connectivity index (χ0) is 11.4. The summed E-state index contributed by atoms with van der Waals surface area (Å²) in [5.74, 6) is -0.0769. The van der Waals surface area contributed by atoms with Crippen LogP contribution in [0.1, 0.15) is 6.92 Å². The van der Waals surface area contributed by atoms with E-state index in [9.17, 15) is 4.79 Å². The lowest BCUT2D eigenvalue weighted by Crippen LogP contribution is -2.39. The second-order valence-electron chi connectivity index (χ2n) is 3.38. The van der Waals surface area contributed by atoms with Crippen LogP contribution in [0, 0.1) is 0 Å². The van der Waals surface area contributed by atoms with Gasteiger partial charge in [0, 0.05) is 17.6 Å². The van der Waals surface area contributed by atoms with Crippen LogP contribution in [0.5, 0.6) is 0 Å². The van der Waals surface area contributed by atoms with Gasteiger partial charge in [-0.2, -0.15) is 0 Å². The molecule has 1 rings (SSSR count). The molecular weight excluding hydrogens is 208 g/mol. The molecule has 82 valence electrons. The topological polar surface area (TPSA) is 46.3 Å². The Morgan fingerprint density at radius 3 is 2.33 bits per heavy atom. The van der Waals surface area contributed by atoms with Gasteiger partial charge in [-0.15, -0.1) is 11.8 Å². The van der Waals surface area contributed by atoms with E-state index < -0.39 is 6.04 Å². The molecule has 0 aliphatic rings. The van der Waals surface area contributed by atoms with Gasteiger partial charge in [-0.25, -0.2) is 0 Å². The maximum atomic E-state index is 11.6. The van der Waals surface area contributed by atoms with Crippen LogP contribution < -0.4 is 10.6 Å². The molecule has 1 atom stereocenters. The predicted molar refractivity (Wildman–Crippen MR) is 65.3 cm³/mol. The van der Waals surface area contributed by atoms with Crippen molar-refractivity contribution >= 4 is 23.4 Å². The SMILES string of the molecule is CSc1ccc(N(C)C(=O)[C@H](C)N)cc1. The molecule has 0 aliphatic heterocycles. The number of carbonyl (C=O) groups excluding carboxylic acids is 1. The van der Waals surface area contributed by atoms with Gasteiger partial charge in [-0.1, -0.05) is 0 Å². The lowest BCUT2D eigenvalue weighted by Gasteiger charge is -2.19. The maximum absolute atomic E-state index is 11.6.